The van der Waals surface area contributed by atoms with Crippen molar-refractivity contribution in [3.8, 4) is 22.7 Å². The summed E-state index contributed by atoms with van der Waals surface area (Å²) in [5.74, 6) is 0.694. The first-order valence-electron chi connectivity index (χ1n) is 11.3. The maximum absolute atomic E-state index is 13.9. The van der Waals surface area contributed by atoms with Crippen LogP contribution in [0.5, 0.6) is 5.75 Å². The lowest BCUT2D eigenvalue weighted by Crippen LogP contribution is -2.37. The van der Waals surface area contributed by atoms with Gasteiger partial charge < -0.3 is 14.5 Å². The highest BCUT2D eigenvalue weighted by Crippen LogP contribution is 2.24. The summed E-state index contributed by atoms with van der Waals surface area (Å²) in [6.45, 7) is 1.90. The fraction of sp³-hybridized carbons (Fsp3) is 0.214. The maximum atomic E-state index is 13.9. The first-order chi connectivity index (χ1) is 16.5. The molecule has 0 radical (unpaired) electrons. The van der Waals surface area contributed by atoms with Crippen LogP contribution in [0.1, 0.15) is 16.1 Å². The molecule has 0 aliphatic rings. The number of rotatable bonds is 9. The highest BCUT2D eigenvalue weighted by atomic mass is 16.5. The molecule has 0 aliphatic carbocycles. The number of benzene rings is 3. The molecule has 6 nitrogen and oxygen atoms in total. The molecule has 0 spiro atoms. The summed E-state index contributed by atoms with van der Waals surface area (Å²) in [6.07, 6.45) is 0. The Morgan fingerprint density at radius 2 is 1.53 bits per heavy atom. The van der Waals surface area contributed by atoms with Crippen LogP contribution in [0.2, 0.25) is 0 Å². The number of amides is 1. The average Bonchev–Trinajstić information content (AvgIpc) is 3.33. The van der Waals surface area contributed by atoms with Crippen LogP contribution in [0.25, 0.3) is 16.9 Å². The van der Waals surface area contributed by atoms with E-state index in [1.165, 1.54) is 0 Å². The standard InChI is InChI=1S/C28H30N4O2/c1-30(2)18-19-31(21-22-10-6-4-7-11-22)28(33)27-20-26(23-12-8-5-9-13-23)29-32(27)24-14-16-25(34-3)17-15-24/h4-17,20H,18-19,21H2,1-3H3. The van der Waals surface area contributed by atoms with Gasteiger partial charge >= 0.3 is 0 Å². The Hall–Kier alpha value is -3.90. The molecule has 3 aromatic carbocycles. The third-order valence-corrected chi connectivity index (χ3v) is 5.64. The Kier molecular flexibility index (Phi) is 7.40. The van der Waals surface area contributed by atoms with Crippen LogP contribution in [0, 0.1) is 0 Å². The van der Waals surface area contributed by atoms with Crippen LogP contribution >= 0.6 is 0 Å². The lowest BCUT2D eigenvalue weighted by Gasteiger charge is -2.25. The number of carbonyl (C=O) groups is 1. The molecule has 6 heteroatoms. The van der Waals surface area contributed by atoms with Crippen LogP contribution in [0.15, 0.2) is 91.0 Å². The van der Waals surface area contributed by atoms with Crippen LogP contribution in [-0.2, 0) is 6.54 Å². The van der Waals surface area contributed by atoms with Gasteiger partial charge in [-0.05, 0) is 50.0 Å². The van der Waals surface area contributed by atoms with Crippen molar-refractivity contribution in [2.24, 2.45) is 0 Å². The predicted octanol–water partition coefficient (Wildman–Crippen LogP) is 4.75. The van der Waals surface area contributed by atoms with E-state index in [1.54, 1.807) is 11.8 Å². The van der Waals surface area contributed by atoms with Crippen molar-refractivity contribution in [3.63, 3.8) is 0 Å². The molecule has 1 heterocycles. The van der Waals surface area contributed by atoms with E-state index in [9.17, 15) is 4.79 Å². The molecule has 0 bridgehead atoms. The SMILES string of the molecule is COc1ccc(-n2nc(-c3ccccc3)cc2C(=O)N(CCN(C)C)Cc2ccccc2)cc1. The number of hydrogen-bond donors (Lipinski definition) is 0. The van der Waals surface area contributed by atoms with Crippen molar-refractivity contribution in [1.29, 1.82) is 0 Å². The molecule has 0 N–H and O–H groups in total. The Morgan fingerprint density at radius 3 is 2.15 bits per heavy atom. The fourth-order valence-electron chi connectivity index (χ4n) is 3.74. The second-order valence-electron chi connectivity index (χ2n) is 8.41. The number of carbonyl (C=O) groups excluding carboxylic acids is 1. The van der Waals surface area contributed by atoms with Gasteiger partial charge in [0.2, 0.25) is 0 Å². The molecule has 0 unspecified atom stereocenters. The van der Waals surface area contributed by atoms with Gasteiger partial charge in [0.1, 0.15) is 11.4 Å². The third kappa shape index (κ3) is 5.53. The zero-order valence-corrected chi connectivity index (χ0v) is 19.9. The van der Waals surface area contributed by atoms with Gasteiger partial charge in [-0.25, -0.2) is 4.68 Å². The number of ether oxygens (including phenoxy) is 1. The summed E-state index contributed by atoms with van der Waals surface area (Å²) < 4.78 is 7.04. The normalized spacial score (nSPS) is 10.9. The molecule has 0 saturated carbocycles. The summed E-state index contributed by atoms with van der Waals surface area (Å²) in [5.41, 5.74) is 4.14. The smallest absolute Gasteiger partial charge is 0.272 e. The largest absolute Gasteiger partial charge is 0.497 e. The van der Waals surface area contributed by atoms with Gasteiger partial charge in [0.25, 0.3) is 5.91 Å². The van der Waals surface area contributed by atoms with Gasteiger partial charge in [0.15, 0.2) is 0 Å². The lowest BCUT2D eigenvalue weighted by atomic mass is 10.1. The molecule has 4 rings (SSSR count). The number of methoxy groups -OCH3 is 1. The zero-order chi connectivity index (χ0) is 23.9. The van der Waals surface area contributed by atoms with E-state index in [0.717, 1.165) is 34.8 Å². The molecule has 0 saturated heterocycles. The summed E-state index contributed by atoms with van der Waals surface area (Å²) in [6, 6.07) is 29.5. The minimum atomic E-state index is -0.0591. The summed E-state index contributed by atoms with van der Waals surface area (Å²) in [5, 5.41) is 4.83. The van der Waals surface area contributed by atoms with Gasteiger partial charge in [-0.1, -0.05) is 60.7 Å². The molecule has 34 heavy (non-hydrogen) atoms. The van der Waals surface area contributed by atoms with Gasteiger partial charge in [0, 0.05) is 25.2 Å². The average molecular weight is 455 g/mol. The highest BCUT2D eigenvalue weighted by molar-refractivity contribution is 5.94. The monoisotopic (exact) mass is 454 g/mol. The third-order valence-electron chi connectivity index (χ3n) is 5.64. The Balaban J connectivity index is 1.75. The molecule has 0 aliphatic heterocycles. The number of likely N-dealkylation sites (N-methyl/N-ethyl adjacent to an activating group) is 1. The van der Waals surface area contributed by atoms with Gasteiger partial charge in [0.05, 0.1) is 18.5 Å². The van der Waals surface area contributed by atoms with Gasteiger partial charge in [-0.15, -0.1) is 0 Å². The van der Waals surface area contributed by atoms with E-state index in [0.29, 0.717) is 18.8 Å². The molecular formula is C28H30N4O2. The van der Waals surface area contributed by atoms with E-state index in [1.807, 2.05) is 110 Å². The molecule has 174 valence electrons. The van der Waals surface area contributed by atoms with E-state index in [-0.39, 0.29) is 5.91 Å². The minimum Gasteiger partial charge on any atom is -0.497 e. The van der Waals surface area contributed by atoms with Crippen LogP contribution < -0.4 is 4.74 Å². The molecule has 1 amide bonds. The lowest BCUT2D eigenvalue weighted by molar-refractivity contribution is 0.0722. The van der Waals surface area contributed by atoms with Gasteiger partial charge in [-0.3, -0.25) is 4.79 Å². The predicted molar refractivity (Wildman–Crippen MR) is 135 cm³/mol. The number of hydrogen-bond acceptors (Lipinski definition) is 4. The van der Waals surface area contributed by atoms with Crippen LogP contribution in [0.4, 0.5) is 0 Å². The van der Waals surface area contributed by atoms with E-state index < -0.39 is 0 Å². The Morgan fingerprint density at radius 1 is 0.882 bits per heavy atom. The van der Waals surface area contributed by atoms with Crippen molar-refractivity contribution in [2.75, 3.05) is 34.3 Å². The van der Waals surface area contributed by atoms with Crippen molar-refractivity contribution in [3.05, 3.63) is 102 Å². The van der Waals surface area contributed by atoms with E-state index in [2.05, 4.69) is 4.90 Å². The summed E-state index contributed by atoms with van der Waals surface area (Å²) >= 11 is 0. The quantitative estimate of drug-likeness (QED) is 0.366. The first kappa shape index (κ1) is 23.3. The van der Waals surface area contributed by atoms with Crippen LogP contribution in [-0.4, -0.2) is 59.8 Å². The summed E-state index contributed by atoms with van der Waals surface area (Å²) in [7, 11) is 5.66. The number of aromatic nitrogens is 2. The second kappa shape index (κ2) is 10.8. The van der Waals surface area contributed by atoms with E-state index >= 15 is 0 Å². The van der Waals surface area contributed by atoms with Crippen molar-refractivity contribution in [2.45, 2.75) is 6.54 Å². The summed E-state index contributed by atoms with van der Waals surface area (Å²) in [4.78, 5) is 17.9. The van der Waals surface area contributed by atoms with Crippen LogP contribution in [0.3, 0.4) is 0 Å². The van der Waals surface area contributed by atoms with Gasteiger partial charge in [-0.2, -0.15) is 5.10 Å². The maximum Gasteiger partial charge on any atom is 0.272 e. The van der Waals surface area contributed by atoms with Crippen molar-refractivity contribution < 1.29 is 9.53 Å². The minimum absolute atomic E-state index is 0.0591. The van der Waals surface area contributed by atoms with Crippen molar-refractivity contribution in [1.82, 2.24) is 19.6 Å². The van der Waals surface area contributed by atoms with Crippen molar-refractivity contribution >= 4 is 5.91 Å². The van der Waals surface area contributed by atoms with E-state index in [4.69, 9.17) is 9.84 Å². The molecular weight excluding hydrogens is 424 g/mol. The topological polar surface area (TPSA) is 50.6 Å². The molecule has 1 aromatic heterocycles. The number of nitrogens with zero attached hydrogens (tertiary/aromatic N) is 4. The molecule has 0 fully saturated rings. The molecule has 4 aromatic rings. The Labute approximate surface area is 201 Å². The zero-order valence-electron chi connectivity index (χ0n) is 19.9. The highest BCUT2D eigenvalue weighted by Gasteiger charge is 2.23. The fourth-order valence-corrected chi connectivity index (χ4v) is 3.74. The Bertz CT molecular complexity index is 1200. The second-order valence-corrected chi connectivity index (χ2v) is 8.41. The molecule has 0 atom stereocenters. The first-order valence-corrected chi connectivity index (χ1v) is 11.3.